The van der Waals surface area contributed by atoms with Crippen molar-refractivity contribution in [2.24, 2.45) is 0 Å². The van der Waals surface area contributed by atoms with E-state index in [1.807, 2.05) is 0 Å². The van der Waals surface area contributed by atoms with E-state index in [0.29, 0.717) is 13.0 Å². The van der Waals surface area contributed by atoms with E-state index in [-0.39, 0.29) is 24.2 Å². The molecule has 1 amide bonds. The second-order valence-corrected chi connectivity index (χ2v) is 8.34. The van der Waals surface area contributed by atoms with Crippen molar-refractivity contribution < 1.29 is 19.0 Å². The molecule has 1 saturated heterocycles. The summed E-state index contributed by atoms with van der Waals surface area (Å²) in [6, 6.07) is -0.520. The van der Waals surface area contributed by atoms with Crippen LogP contribution in [0.1, 0.15) is 96.8 Å². The third-order valence-corrected chi connectivity index (χ3v) is 5.90. The van der Waals surface area contributed by atoms with Gasteiger partial charge in [-0.3, -0.25) is 4.79 Å². The molecule has 1 aliphatic heterocycles. The van der Waals surface area contributed by atoms with Gasteiger partial charge in [0, 0.05) is 33.2 Å². The fourth-order valence-electron chi connectivity index (χ4n) is 4.08. The molecule has 0 spiro atoms. The zero-order valence-corrected chi connectivity index (χ0v) is 19.1. The van der Waals surface area contributed by atoms with Crippen molar-refractivity contribution in [3.05, 3.63) is 0 Å². The lowest BCUT2D eigenvalue weighted by atomic mass is 9.93. The summed E-state index contributed by atoms with van der Waals surface area (Å²) in [5.41, 5.74) is 0. The fraction of sp³-hybridized carbons (Fsp3) is 0.957. The standard InChI is InChI=1S/C23H44BNO4/c1-4-5-6-7-8-9-10-11-12-13-14-15-16-17-20(26)25-18-19-21(27-2)22(28-3)23(24)29-19/h19,21-23H,4-18H2,1-3H3,(H,25,26)/t19-,21?,22+,23-/m1/s1. The molecule has 1 aliphatic rings. The van der Waals surface area contributed by atoms with Gasteiger partial charge in [-0.25, -0.2) is 0 Å². The Balaban J connectivity index is 1.93. The van der Waals surface area contributed by atoms with Crippen LogP contribution in [0.25, 0.3) is 0 Å². The fourth-order valence-corrected chi connectivity index (χ4v) is 4.08. The third-order valence-electron chi connectivity index (χ3n) is 5.90. The molecule has 5 nitrogen and oxygen atoms in total. The molecule has 0 aromatic rings. The lowest BCUT2D eigenvalue weighted by molar-refractivity contribution is -0.122. The number of methoxy groups -OCH3 is 2. The van der Waals surface area contributed by atoms with Gasteiger partial charge in [0.05, 0.1) is 0 Å². The van der Waals surface area contributed by atoms with Crippen molar-refractivity contribution in [1.29, 1.82) is 0 Å². The Morgan fingerprint density at radius 2 is 1.31 bits per heavy atom. The maximum absolute atomic E-state index is 12.1. The van der Waals surface area contributed by atoms with Gasteiger partial charge in [0.1, 0.15) is 26.2 Å². The van der Waals surface area contributed by atoms with Crippen LogP contribution in [-0.4, -0.2) is 58.8 Å². The summed E-state index contributed by atoms with van der Waals surface area (Å²) < 4.78 is 16.4. The molecular formula is C23H44BNO4. The normalized spacial score (nSPS) is 24.1. The molecule has 0 aromatic carbocycles. The predicted octanol–water partition coefficient (Wildman–Crippen LogP) is 4.51. The Morgan fingerprint density at radius 1 is 0.828 bits per heavy atom. The number of hydrogen-bond donors (Lipinski definition) is 1. The number of nitrogens with one attached hydrogen (secondary N) is 1. The first kappa shape index (κ1) is 26.5. The van der Waals surface area contributed by atoms with E-state index in [1.165, 1.54) is 70.6 Å². The summed E-state index contributed by atoms with van der Waals surface area (Å²) in [7, 11) is 9.11. The second kappa shape index (κ2) is 17.1. The molecule has 6 heteroatoms. The van der Waals surface area contributed by atoms with Crippen molar-refractivity contribution in [2.75, 3.05) is 20.8 Å². The molecule has 0 saturated carbocycles. The maximum Gasteiger partial charge on any atom is 0.220 e. The molecular weight excluding hydrogens is 365 g/mol. The smallest absolute Gasteiger partial charge is 0.220 e. The Kier molecular flexibility index (Phi) is 15.6. The van der Waals surface area contributed by atoms with Crippen molar-refractivity contribution >= 4 is 13.8 Å². The number of hydrogen-bond acceptors (Lipinski definition) is 4. The van der Waals surface area contributed by atoms with E-state index >= 15 is 0 Å². The number of rotatable bonds is 18. The first-order valence-electron chi connectivity index (χ1n) is 11.9. The SMILES string of the molecule is [B][C@@H]1O[C@H](CNC(=O)CCCCCCCCCCCCCCC)C(OC)[C@@H]1OC. The number of carbonyl (C=O) groups excluding carboxylic acids is 1. The summed E-state index contributed by atoms with van der Waals surface area (Å²) in [6.45, 7) is 2.67. The summed E-state index contributed by atoms with van der Waals surface area (Å²) in [5, 5.41) is 2.94. The van der Waals surface area contributed by atoms with E-state index < -0.39 is 6.00 Å². The second-order valence-electron chi connectivity index (χ2n) is 8.34. The zero-order chi connectivity index (χ0) is 21.3. The minimum atomic E-state index is -0.520. The van der Waals surface area contributed by atoms with E-state index in [9.17, 15) is 4.79 Å². The van der Waals surface area contributed by atoms with Crippen LogP contribution in [0.5, 0.6) is 0 Å². The van der Waals surface area contributed by atoms with Gasteiger partial charge in [0.2, 0.25) is 5.91 Å². The third kappa shape index (κ3) is 11.4. The number of unbranched alkanes of at least 4 members (excludes halogenated alkanes) is 12. The molecule has 29 heavy (non-hydrogen) atoms. The van der Waals surface area contributed by atoms with Crippen LogP contribution in [0.4, 0.5) is 0 Å². The highest BCUT2D eigenvalue weighted by molar-refractivity contribution is 6.11. The van der Waals surface area contributed by atoms with Crippen LogP contribution in [0, 0.1) is 0 Å². The zero-order valence-electron chi connectivity index (χ0n) is 19.1. The molecule has 0 aromatic heterocycles. The number of carbonyl (C=O) groups is 1. The average Bonchev–Trinajstić information content (AvgIpc) is 3.04. The lowest BCUT2D eigenvalue weighted by Gasteiger charge is -2.21. The highest BCUT2D eigenvalue weighted by atomic mass is 16.6. The van der Waals surface area contributed by atoms with Crippen LogP contribution in [0.3, 0.4) is 0 Å². The molecule has 2 radical (unpaired) electrons. The van der Waals surface area contributed by atoms with Crippen LogP contribution in [-0.2, 0) is 19.0 Å². The van der Waals surface area contributed by atoms with Gasteiger partial charge in [-0.1, -0.05) is 84.0 Å². The van der Waals surface area contributed by atoms with E-state index in [0.717, 1.165) is 12.8 Å². The molecule has 1 fully saturated rings. The van der Waals surface area contributed by atoms with Crippen molar-refractivity contribution in [3.63, 3.8) is 0 Å². The van der Waals surface area contributed by atoms with Gasteiger partial charge in [0.15, 0.2) is 0 Å². The molecule has 1 N–H and O–H groups in total. The summed E-state index contributed by atoms with van der Waals surface area (Å²) >= 11 is 0. The van der Waals surface area contributed by atoms with Crippen molar-refractivity contribution in [3.8, 4) is 0 Å². The summed E-state index contributed by atoms with van der Waals surface area (Å²) in [6.07, 6.45) is 16.8. The van der Waals surface area contributed by atoms with E-state index in [2.05, 4.69) is 12.2 Å². The molecule has 1 rings (SSSR count). The molecule has 1 heterocycles. The highest BCUT2D eigenvalue weighted by Crippen LogP contribution is 2.23. The summed E-state index contributed by atoms with van der Waals surface area (Å²) in [5.74, 6) is 0.0703. The van der Waals surface area contributed by atoms with Gasteiger partial charge in [-0.15, -0.1) is 0 Å². The summed E-state index contributed by atoms with van der Waals surface area (Å²) in [4.78, 5) is 12.1. The van der Waals surface area contributed by atoms with Gasteiger partial charge in [0.25, 0.3) is 0 Å². The van der Waals surface area contributed by atoms with E-state index in [4.69, 9.17) is 22.1 Å². The molecule has 1 unspecified atom stereocenters. The lowest BCUT2D eigenvalue weighted by Crippen LogP contribution is -2.41. The Bertz CT molecular complexity index is 410. The van der Waals surface area contributed by atoms with Gasteiger partial charge >= 0.3 is 0 Å². The topological polar surface area (TPSA) is 56.8 Å². The van der Waals surface area contributed by atoms with Crippen LogP contribution in [0.2, 0.25) is 0 Å². The van der Waals surface area contributed by atoms with Gasteiger partial charge in [-0.05, 0) is 6.42 Å². The largest absolute Gasteiger partial charge is 0.377 e. The first-order valence-corrected chi connectivity index (χ1v) is 11.9. The molecule has 168 valence electrons. The quantitative estimate of drug-likeness (QED) is 0.267. The van der Waals surface area contributed by atoms with Crippen molar-refractivity contribution in [2.45, 2.75) is 121 Å². The minimum Gasteiger partial charge on any atom is -0.377 e. The average molecular weight is 409 g/mol. The monoisotopic (exact) mass is 409 g/mol. The maximum atomic E-state index is 12.1. The number of ether oxygens (including phenoxy) is 3. The molecule has 4 atom stereocenters. The molecule has 0 aliphatic carbocycles. The Morgan fingerprint density at radius 3 is 1.79 bits per heavy atom. The minimum absolute atomic E-state index is 0.0703. The van der Waals surface area contributed by atoms with E-state index in [1.54, 1.807) is 14.2 Å². The number of amides is 1. The van der Waals surface area contributed by atoms with Gasteiger partial charge in [-0.2, -0.15) is 0 Å². The molecule has 0 bridgehead atoms. The van der Waals surface area contributed by atoms with Crippen LogP contribution >= 0.6 is 0 Å². The van der Waals surface area contributed by atoms with Crippen LogP contribution < -0.4 is 5.32 Å². The first-order chi connectivity index (χ1) is 14.1. The predicted molar refractivity (Wildman–Crippen MR) is 119 cm³/mol. The van der Waals surface area contributed by atoms with Gasteiger partial charge < -0.3 is 19.5 Å². The Labute approximate surface area is 180 Å². The Hall–Kier alpha value is -0.585. The van der Waals surface area contributed by atoms with Crippen LogP contribution in [0.15, 0.2) is 0 Å². The highest BCUT2D eigenvalue weighted by Gasteiger charge is 2.42. The van der Waals surface area contributed by atoms with Crippen molar-refractivity contribution in [1.82, 2.24) is 5.32 Å².